The summed E-state index contributed by atoms with van der Waals surface area (Å²) in [5.41, 5.74) is 0.551. The van der Waals surface area contributed by atoms with Gasteiger partial charge in [0.25, 0.3) is 11.8 Å². The first-order valence-electron chi connectivity index (χ1n) is 8.58. The van der Waals surface area contributed by atoms with Crippen molar-refractivity contribution < 1.29 is 23.0 Å². The predicted octanol–water partition coefficient (Wildman–Crippen LogP) is 2.27. The normalized spacial score (nSPS) is 23.5. The summed E-state index contributed by atoms with van der Waals surface area (Å²) in [6.07, 6.45) is -0.173. The summed E-state index contributed by atoms with van der Waals surface area (Å²) in [5, 5.41) is 0. The van der Waals surface area contributed by atoms with Gasteiger partial charge in [-0.3, -0.25) is 9.69 Å². The molecule has 0 N–H and O–H groups in total. The number of carbonyl (C=O) groups is 1. The van der Waals surface area contributed by atoms with E-state index in [-0.39, 0.29) is 31.0 Å². The van der Waals surface area contributed by atoms with Crippen LogP contribution in [0.1, 0.15) is 23.7 Å². The van der Waals surface area contributed by atoms with Crippen LogP contribution >= 0.6 is 0 Å². The molecule has 1 aromatic rings. The maximum absolute atomic E-state index is 13.8. The van der Waals surface area contributed by atoms with Crippen LogP contribution in [-0.2, 0) is 4.74 Å². The number of amides is 1. The van der Waals surface area contributed by atoms with Crippen LogP contribution < -0.4 is 4.74 Å². The Kier molecular flexibility index (Phi) is 5.24. The molecule has 3 rings (SSSR count). The smallest absolute Gasteiger partial charge is 0.262 e. The van der Waals surface area contributed by atoms with Crippen molar-refractivity contribution >= 4 is 5.91 Å². The van der Waals surface area contributed by atoms with Gasteiger partial charge >= 0.3 is 0 Å². The van der Waals surface area contributed by atoms with E-state index in [1.807, 2.05) is 11.8 Å². The minimum absolute atomic E-state index is 0.0339. The van der Waals surface area contributed by atoms with Gasteiger partial charge in [0.1, 0.15) is 5.75 Å². The first-order valence-corrected chi connectivity index (χ1v) is 8.58. The number of carbonyl (C=O) groups excluding carboxylic acids is 1. The third kappa shape index (κ3) is 3.93. The van der Waals surface area contributed by atoms with Gasteiger partial charge in [-0.05, 0) is 25.1 Å². The standard InChI is InChI=1S/C18H24F2N2O3/c1-3-25-11-14-8-18(19,20)12-22(14)15-9-21(10-15)17(23)13-5-4-6-16(7-13)24-2/h4-7,14-15H,3,8-12H2,1-2H3/t14-/m0/s1. The molecule has 2 fully saturated rings. The van der Waals surface area contributed by atoms with E-state index in [1.54, 1.807) is 36.3 Å². The predicted molar refractivity (Wildman–Crippen MR) is 89.2 cm³/mol. The van der Waals surface area contributed by atoms with Crippen molar-refractivity contribution in [3.63, 3.8) is 0 Å². The Bertz CT molecular complexity index is 620. The van der Waals surface area contributed by atoms with Crippen LogP contribution in [0.4, 0.5) is 8.78 Å². The zero-order valence-corrected chi connectivity index (χ0v) is 14.6. The van der Waals surface area contributed by atoms with Crippen LogP contribution in [0.25, 0.3) is 0 Å². The van der Waals surface area contributed by atoms with Crippen molar-refractivity contribution in [2.45, 2.75) is 31.4 Å². The second-order valence-electron chi connectivity index (χ2n) is 6.64. The molecule has 7 heteroatoms. The lowest BCUT2D eigenvalue weighted by molar-refractivity contribution is -0.0148. The van der Waals surface area contributed by atoms with Crippen LogP contribution in [0.5, 0.6) is 5.75 Å². The van der Waals surface area contributed by atoms with E-state index in [4.69, 9.17) is 9.47 Å². The zero-order valence-electron chi connectivity index (χ0n) is 14.6. The molecule has 0 spiro atoms. The van der Waals surface area contributed by atoms with E-state index >= 15 is 0 Å². The molecular weight excluding hydrogens is 330 g/mol. The summed E-state index contributed by atoms with van der Waals surface area (Å²) in [5.74, 6) is -2.15. The van der Waals surface area contributed by atoms with E-state index in [0.29, 0.717) is 37.6 Å². The molecule has 2 heterocycles. The molecule has 138 valence electrons. The summed E-state index contributed by atoms with van der Waals surface area (Å²) in [6.45, 7) is 3.36. The topological polar surface area (TPSA) is 42.0 Å². The molecule has 5 nitrogen and oxygen atoms in total. The first-order chi connectivity index (χ1) is 11.9. The number of benzene rings is 1. The summed E-state index contributed by atoms with van der Waals surface area (Å²) in [4.78, 5) is 16.0. The van der Waals surface area contributed by atoms with Gasteiger partial charge in [0.05, 0.1) is 20.3 Å². The third-order valence-electron chi connectivity index (χ3n) is 4.87. The Morgan fingerprint density at radius 3 is 2.80 bits per heavy atom. The Labute approximate surface area is 146 Å². The molecule has 0 aromatic heterocycles. The van der Waals surface area contributed by atoms with Crippen molar-refractivity contribution in [1.29, 1.82) is 0 Å². The average molecular weight is 354 g/mol. The monoisotopic (exact) mass is 354 g/mol. The summed E-state index contributed by atoms with van der Waals surface area (Å²) < 4.78 is 38.1. The maximum Gasteiger partial charge on any atom is 0.262 e. The Morgan fingerprint density at radius 1 is 1.36 bits per heavy atom. The number of methoxy groups -OCH3 is 1. The number of alkyl halides is 2. The number of nitrogens with zero attached hydrogens (tertiary/aromatic N) is 2. The molecule has 1 aromatic carbocycles. The molecule has 0 radical (unpaired) electrons. The summed E-state index contributed by atoms with van der Waals surface area (Å²) in [6, 6.07) is 6.66. The fourth-order valence-electron chi connectivity index (χ4n) is 3.53. The second-order valence-corrected chi connectivity index (χ2v) is 6.64. The lowest BCUT2D eigenvalue weighted by atomic mass is 10.0. The molecule has 0 bridgehead atoms. The highest BCUT2D eigenvalue weighted by atomic mass is 19.3. The van der Waals surface area contributed by atoms with Crippen LogP contribution in [0.2, 0.25) is 0 Å². The molecule has 2 aliphatic heterocycles. The Balaban J connectivity index is 1.59. The second kappa shape index (κ2) is 7.25. The molecule has 1 amide bonds. The quantitative estimate of drug-likeness (QED) is 0.786. The minimum atomic E-state index is -2.68. The number of rotatable bonds is 6. The van der Waals surface area contributed by atoms with Gasteiger partial charge < -0.3 is 14.4 Å². The Morgan fingerprint density at radius 2 is 2.12 bits per heavy atom. The van der Waals surface area contributed by atoms with E-state index in [0.717, 1.165) is 0 Å². The summed E-state index contributed by atoms with van der Waals surface area (Å²) >= 11 is 0. The number of halogens is 2. The zero-order chi connectivity index (χ0) is 18.0. The Hall–Kier alpha value is -1.73. The van der Waals surface area contributed by atoms with Crippen molar-refractivity contribution in [2.24, 2.45) is 0 Å². The highest BCUT2D eigenvalue weighted by Gasteiger charge is 2.50. The average Bonchev–Trinajstić information content (AvgIpc) is 2.86. The number of likely N-dealkylation sites (tertiary alicyclic amines) is 2. The summed E-state index contributed by atoms with van der Waals surface area (Å²) in [7, 11) is 1.55. The van der Waals surface area contributed by atoms with Gasteiger partial charge in [-0.1, -0.05) is 6.07 Å². The fraction of sp³-hybridized carbons (Fsp3) is 0.611. The molecule has 25 heavy (non-hydrogen) atoms. The SMILES string of the molecule is CCOC[C@@H]1CC(F)(F)CN1C1CN(C(=O)c2cccc(OC)c2)C1. The fourth-order valence-corrected chi connectivity index (χ4v) is 3.53. The number of ether oxygens (including phenoxy) is 2. The highest BCUT2D eigenvalue weighted by molar-refractivity contribution is 5.95. The van der Waals surface area contributed by atoms with E-state index < -0.39 is 5.92 Å². The van der Waals surface area contributed by atoms with Crippen LogP contribution in [0.3, 0.4) is 0 Å². The van der Waals surface area contributed by atoms with Crippen LogP contribution in [0.15, 0.2) is 24.3 Å². The minimum Gasteiger partial charge on any atom is -0.497 e. The van der Waals surface area contributed by atoms with Gasteiger partial charge in [-0.2, -0.15) is 0 Å². The molecule has 2 saturated heterocycles. The lowest BCUT2D eigenvalue weighted by Crippen LogP contribution is -2.62. The number of hydrogen-bond acceptors (Lipinski definition) is 4. The molecule has 2 aliphatic rings. The molecule has 0 unspecified atom stereocenters. The van der Waals surface area contributed by atoms with Crippen molar-refractivity contribution in [3.05, 3.63) is 29.8 Å². The van der Waals surface area contributed by atoms with Gasteiger partial charge in [-0.25, -0.2) is 8.78 Å². The number of hydrogen-bond donors (Lipinski definition) is 0. The lowest BCUT2D eigenvalue weighted by Gasteiger charge is -2.45. The molecular formula is C18H24F2N2O3. The largest absolute Gasteiger partial charge is 0.497 e. The maximum atomic E-state index is 13.8. The van der Waals surface area contributed by atoms with E-state index in [9.17, 15) is 13.6 Å². The van der Waals surface area contributed by atoms with Gasteiger partial charge in [-0.15, -0.1) is 0 Å². The van der Waals surface area contributed by atoms with Crippen molar-refractivity contribution in [3.8, 4) is 5.75 Å². The highest BCUT2D eigenvalue weighted by Crippen LogP contribution is 2.35. The van der Waals surface area contributed by atoms with Gasteiger partial charge in [0.15, 0.2) is 0 Å². The third-order valence-corrected chi connectivity index (χ3v) is 4.87. The van der Waals surface area contributed by atoms with Crippen LogP contribution in [0, 0.1) is 0 Å². The molecule has 0 aliphatic carbocycles. The van der Waals surface area contributed by atoms with Crippen LogP contribution in [-0.4, -0.2) is 73.7 Å². The van der Waals surface area contributed by atoms with E-state index in [1.165, 1.54) is 0 Å². The van der Waals surface area contributed by atoms with E-state index in [2.05, 4.69) is 0 Å². The van der Waals surface area contributed by atoms with Crippen molar-refractivity contribution in [2.75, 3.05) is 40.0 Å². The first kappa shape index (κ1) is 18.1. The van der Waals surface area contributed by atoms with Gasteiger partial charge in [0.2, 0.25) is 0 Å². The van der Waals surface area contributed by atoms with Crippen molar-refractivity contribution in [1.82, 2.24) is 9.80 Å². The molecule has 1 atom stereocenters. The molecule has 0 saturated carbocycles. The van der Waals surface area contributed by atoms with Gasteiger partial charge in [0, 0.05) is 43.8 Å².